The molecular weight excluding hydrogens is 390 g/mol. The number of nitrogens with zero attached hydrogens (tertiary/aromatic N) is 3. The molecule has 0 bridgehead atoms. The van der Waals surface area contributed by atoms with E-state index in [0.717, 1.165) is 0 Å². The molecule has 3 rings (SSSR count). The van der Waals surface area contributed by atoms with Crippen LogP contribution >= 0.6 is 0 Å². The van der Waals surface area contributed by atoms with Gasteiger partial charge in [0.1, 0.15) is 11.6 Å². The van der Waals surface area contributed by atoms with E-state index in [1.165, 1.54) is 36.7 Å². The first-order valence-corrected chi connectivity index (χ1v) is 8.45. The van der Waals surface area contributed by atoms with Crippen molar-refractivity contribution in [1.82, 2.24) is 14.9 Å². The van der Waals surface area contributed by atoms with Gasteiger partial charge in [-0.2, -0.15) is 0 Å². The van der Waals surface area contributed by atoms with Gasteiger partial charge < -0.3 is 20.4 Å². The maximum atomic E-state index is 14.2. The first-order valence-electron chi connectivity index (χ1n) is 8.45. The molecule has 0 aliphatic rings. The summed E-state index contributed by atoms with van der Waals surface area (Å²) in [5, 5.41) is 2.84. The topological polar surface area (TPSA) is 77.5 Å². The van der Waals surface area contributed by atoms with Gasteiger partial charge in [0.25, 0.3) is 0 Å². The number of hydrogen-bond donors (Lipinski definition) is 2. The lowest BCUT2D eigenvalue weighted by atomic mass is 10.2. The number of halogens is 4. The zero-order valence-corrected chi connectivity index (χ0v) is 15.0. The van der Waals surface area contributed by atoms with Gasteiger partial charge in [0, 0.05) is 18.9 Å². The van der Waals surface area contributed by atoms with E-state index in [2.05, 4.69) is 20.0 Å². The van der Waals surface area contributed by atoms with Gasteiger partial charge in [0.2, 0.25) is 0 Å². The number of alkyl halides is 3. The number of aromatic nitrogens is 2. The van der Waals surface area contributed by atoms with Crippen molar-refractivity contribution in [1.29, 1.82) is 0 Å². The first-order chi connectivity index (χ1) is 13.8. The van der Waals surface area contributed by atoms with Gasteiger partial charge in [-0.1, -0.05) is 18.2 Å². The number of nitrogens with one attached hydrogen (secondary N) is 1. The molecule has 0 atom stereocenters. The van der Waals surface area contributed by atoms with Crippen molar-refractivity contribution >= 4 is 5.96 Å². The fourth-order valence-corrected chi connectivity index (χ4v) is 2.49. The van der Waals surface area contributed by atoms with E-state index in [1.54, 1.807) is 29.1 Å². The number of guanidine groups is 1. The summed E-state index contributed by atoms with van der Waals surface area (Å²) < 4.78 is 56.0. The highest BCUT2D eigenvalue weighted by atomic mass is 19.4. The molecule has 0 aliphatic heterocycles. The highest BCUT2D eigenvalue weighted by Crippen LogP contribution is 2.22. The molecule has 0 amide bonds. The predicted molar refractivity (Wildman–Crippen MR) is 98.8 cm³/mol. The first kappa shape index (κ1) is 20.2. The summed E-state index contributed by atoms with van der Waals surface area (Å²) in [6, 6.07) is 10.1. The van der Waals surface area contributed by atoms with Crippen molar-refractivity contribution < 1.29 is 22.3 Å². The van der Waals surface area contributed by atoms with Crippen LogP contribution in [0, 0.1) is 5.82 Å². The number of aliphatic imine (C=N–C) groups is 1. The summed E-state index contributed by atoms with van der Waals surface area (Å²) >= 11 is 0. The zero-order valence-electron chi connectivity index (χ0n) is 15.0. The molecule has 0 unspecified atom stereocenters. The molecule has 0 aliphatic carbocycles. The van der Waals surface area contributed by atoms with Crippen LogP contribution in [0.4, 0.5) is 17.6 Å². The van der Waals surface area contributed by atoms with Crippen molar-refractivity contribution in [2.24, 2.45) is 10.7 Å². The van der Waals surface area contributed by atoms with E-state index in [1.807, 2.05) is 0 Å². The summed E-state index contributed by atoms with van der Waals surface area (Å²) in [6.45, 7) is 0.424. The number of nitrogens with two attached hydrogens (primary N) is 1. The van der Waals surface area contributed by atoms with Gasteiger partial charge in [-0.3, -0.25) is 0 Å². The highest BCUT2D eigenvalue weighted by molar-refractivity contribution is 5.77. The maximum absolute atomic E-state index is 14.2. The Morgan fingerprint density at radius 1 is 1.14 bits per heavy atom. The number of hydrogen-bond acceptors (Lipinski definition) is 3. The SMILES string of the molecule is NC(=NCc1ccc(-n2ccnc2)c(F)c1)NCc1ccc(OC(F)(F)F)cc1. The average Bonchev–Trinajstić information content (AvgIpc) is 3.19. The second-order valence-electron chi connectivity index (χ2n) is 6.00. The largest absolute Gasteiger partial charge is 0.573 e. The molecule has 6 nitrogen and oxygen atoms in total. The Bertz CT molecular complexity index is 969. The summed E-state index contributed by atoms with van der Waals surface area (Å²) in [4.78, 5) is 8.01. The molecule has 3 N–H and O–H groups in total. The normalized spacial score (nSPS) is 12.1. The Kier molecular flexibility index (Phi) is 6.01. The third-order valence-corrected chi connectivity index (χ3v) is 3.86. The molecule has 2 aromatic carbocycles. The summed E-state index contributed by atoms with van der Waals surface area (Å²) in [6.07, 6.45) is -0.0337. The van der Waals surface area contributed by atoms with Crippen molar-refractivity contribution in [3.05, 3.63) is 78.1 Å². The zero-order chi connectivity index (χ0) is 20.9. The molecule has 1 heterocycles. The quantitative estimate of drug-likeness (QED) is 0.372. The van der Waals surface area contributed by atoms with Gasteiger partial charge in [0.15, 0.2) is 5.96 Å². The van der Waals surface area contributed by atoms with Gasteiger partial charge in [0.05, 0.1) is 18.6 Å². The van der Waals surface area contributed by atoms with E-state index in [-0.39, 0.29) is 24.8 Å². The standard InChI is InChI=1S/C19H17F4N5O/c20-16-9-14(3-6-17(16)28-8-7-25-12-28)11-27-18(24)26-10-13-1-4-15(5-2-13)29-19(21,22)23/h1-9,12H,10-11H2,(H3,24,26,27). The van der Waals surface area contributed by atoms with Gasteiger partial charge >= 0.3 is 6.36 Å². The van der Waals surface area contributed by atoms with Gasteiger partial charge in [-0.05, 0) is 35.4 Å². The highest BCUT2D eigenvalue weighted by Gasteiger charge is 2.30. The second-order valence-corrected chi connectivity index (χ2v) is 6.00. The molecule has 152 valence electrons. The average molecular weight is 407 g/mol. The molecule has 10 heteroatoms. The molecule has 3 aromatic rings. The Morgan fingerprint density at radius 3 is 2.48 bits per heavy atom. The molecule has 0 fully saturated rings. The minimum Gasteiger partial charge on any atom is -0.406 e. The number of benzene rings is 2. The third-order valence-electron chi connectivity index (χ3n) is 3.86. The summed E-state index contributed by atoms with van der Waals surface area (Å²) in [5.41, 5.74) is 7.48. The van der Waals surface area contributed by atoms with Crippen LogP contribution in [0.3, 0.4) is 0 Å². The lowest BCUT2D eigenvalue weighted by Gasteiger charge is -2.10. The molecule has 0 spiro atoms. The van der Waals surface area contributed by atoms with Crippen LogP contribution in [0.5, 0.6) is 5.75 Å². The maximum Gasteiger partial charge on any atom is 0.573 e. The van der Waals surface area contributed by atoms with E-state index >= 15 is 0 Å². The van der Waals surface area contributed by atoms with E-state index < -0.39 is 12.2 Å². The van der Waals surface area contributed by atoms with Crippen molar-refractivity contribution in [2.75, 3.05) is 0 Å². The second kappa shape index (κ2) is 8.63. The van der Waals surface area contributed by atoms with E-state index in [0.29, 0.717) is 16.8 Å². The lowest BCUT2D eigenvalue weighted by Crippen LogP contribution is -2.31. The molecule has 0 saturated carbocycles. The van der Waals surface area contributed by atoms with Crippen LogP contribution < -0.4 is 15.8 Å². The summed E-state index contributed by atoms with van der Waals surface area (Å²) in [5.74, 6) is -0.591. The molecule has 0 radical (unpaired) electrons. The fraction of sp³-hybridized carbons (Fsp3) is 0.158. The molecule has 0 saturated heterocycles. The smallest absolute Gasteiger partial charge is 0.406 e. The van der Waals surface area contributed by atoms with Crippen LogP contribution in [0.2, 0.25) is 0 Å². The van der Waals surface area contributed by atoms with Crippen molar-refractivity contribution in [2.45, 2.75) is 19.5 Å². The predicted octanol–water partition coefficient (Wildman–Crippen LogP) is 3.51. The van der Waals surface area contributed by atoms with Crippen molar-refractivity contribution in [3.8, 4) is 11.4 Å². The minimum absolute atomic E-state index is 0.125. The Hall–Kier alpha value is -3.56. The molecular formula is C19H17F4N5O. The third kappa shape index (κ3) is 5.96. The Balaban J connectivity index is 1.53. The summed E-state index contributed by atoms with van der Waals surface area (Å²) in [7, 11) is 0. The number of rotatable bonds is 6. The number of imidazole rings is 1. The van der Waals surface area contributed by atoms with Gasteiger partial charge in [-0.25, -0.2) is 14.4 Å². The monoisotopic (exact) mass is 407 g/mol. The van der Waals surface area contributed by atoms with E-state index in [9.17, 15) is 17.6 Å². The molecule has 1 aromatic heterocycles. The minimum atomic E-state index is -4.73. The van der Waals surface area contributed by atoms with Crippen LogP contribution in [0.15, 0.2) is 66.2 Å². The Labute approximate surface area is 163 Å². The van der Waals surface area contributed by atoms with E-state index in [4.69, 9.17) is 5.73 Å². The molecule has 29 heavy (non-hydrogen) atoms. The lowest BCUT2D eigenvalue weighted by molar-refractivity contribution is -0.274. The fourth-order valence-electron chi connectivity index (χ4n) is 2.49. The van der Waals surface area contributed by atoms with Crippen LogP contribution in [-0.4, -0.2) is 21.9 Å². The van der Waals surface area contributed by atoms with Crippen LogP contribution in [-0.2, 0) is 13.1 Å². The Morgan fingerprint density at radius 2 is 1.86 bits per heavy atom. The van der Waals surface area contributed by atoms with Crippen molar-refractivity contribution in [3.63, 3.8) is 0 Å². The number of ether oxygens (including phenoxy) is 1. The van der Waals surface area contributed by atoms with Crippen LogP contribution in [0.25, 0.3) is 5.69 Å². The van der Waals surface area contributed by atoms with Gasteiger partial charge in [-0.15, -0.1) is 13.2 Å². The van der Waals surface area contributed by atoms with Crippen LogP contribution in [0.1, 0.15) is 11.1 Å².